The molecule has 0 aromatic heterocycles. The molecule has 6 nitrogen and oxygen atoms in total. The molecular formula is C24H33N3O3. The second kappa shape index (κ2) is 7.17. The van der Waals surface area contributed by atoms with Crippen LogP contribution in [0.2, 0.25) is 0 Å². The number of hydrogen-bond acceptors (Lipinski definition) is 4. The van der Waals surface area contributed by atoms with E-state index < -0.39 is 0 Å². The van der Waals surface area contributed by atoms with Crippen LogP contribution in [0, 0.1) is 17.3 Å². The van der Waals surface area contributed by atoms with E-state index in [1.807, 2.05) is 18.2 Å². The van der Waals surface area contributed by atoms with Crippen LogP contribution in [0.1, 0.15) is 45.4 Å². The zero-order valence-corrected chi connectivity index (χ0v) is 18.2. The minimum Gasteiger partial charge on any atom is -0.495 e. The van der Waals surface area contributed by atoms with Crippen molar-refractivity contribution in [3.05, 3.63) is 24.3 Å². The molecule has 1 aliphatic heterocycles. The highest BCUT2D eigenvalue weighted by atomic mass is 16.5. The Hall–Kier alpha value is -2.24. The van der Waals surface area contributed by atoms with Gasteiger partial charge in [0, 0.05) is 38.6 Å². The van der Waals surface area contributed by atoms with Crippen molar-refractivity contribution in [2.45, 2.75) is 51.0 Å². The fourth-order valence-electron chi connectivity index (χ4n) is 7.41. The van der Waals surface area contributed by atoms with Gasteiger partial charge < -0.3 is 19.9 Å². The molecule has 1 heterocycles. The number of methoxy groups -OCH3 is 1. The van der Waals surface area contributed by atoms with E-state index in [1.54, 1.807) is 14.0 Å². The third kappa shape index (κ3) is 3.25. The average molecular weight is 412 g/mol. The summed E-state index contributed by atoms with van der Waals surface area (Å²) in [6.07, 6.45) is 6.20. The number of benzene rings is 1. The van der Waals surface area contributed by atoms with Crippen LogP contribution in [-0.2, 0) is 9.59 Å². The van der Waals surface area contributed by atoms with Gasteiger partial charge in [0.1, 0.15) is 5.75 Å². The molecule has 6 rings (SSSR count). The third-order valence-corrected chi connectivity index (χ3v) is 7.95. The van der Waals surface area contributed by atoms with Crippen molar-refractivity contribution in [3.63, 3.8) is 0 Å². The molecule has 5 fully saturated rings. The van der Waals surface area contributed by atoms with E-state index in [0.717, 1.165) is 69.7 Å². The summed E-state index contributed by atoms with van der Waals surface area (Å²) in [5, 5.41) is 3.28. The number of piperazine rings is 1. The van der Waals surface area contributed by atoms with Gasteiger partial charge in [-0.1, -0.05) is 12.1 Å². The summed E-state index contributed by atoms with van der Waals surface area (Å²) in [4.78, 5) is 30.1. The third-order valence-electron chi connectivity index (χ3n) is 7.95. The highest BCUT2D eigenvalue weighted by Gasteiger charge is 2.61. The molecule has 1 N–H and O–H groups in total. The van der Waals surface area contributed by atoms with Crippen molar-refractivity contribution in [2.24, 2.45) is 17.3 Å². The van der Waals surface area contributed by atoms with Crippen molar-refractivity contribution < 1.29 is 14.3 Å². The number of carbonyl (C=O) groups excluding carboxylic acids is 2. The minimum atomic E-state index is -0.265. The molecule has 6 heteroatoms. The molecular weight excluding hydrogens is 378 g/mol. The highest BCUT2D eigenvalue weighted by molar-refractivity contribution is 5.84. The standard InChI is InChI=1S/C24H33N3O3/c1-17(28)25-24-14-18-11-19(15-24)13-23(12-18,16-24)22(29)27-9-7-26(8-10-27)20-5-3-4-6-21(20)30-2/h3-6,18-19H,7-16H2,1-2H3,(H,25,28)/t18-,19-,23?,24?/m1/s1. The van der Waals surface area contributed by atoms with Gasteiger partial charge in [0.2, 0.25) is 11.8 Å². The van der Waals surface area contributed by atoms with Crippen molar-refractivity contribution >= 4 is 17.5 Å². The van der Waals surface area contributed by atoms with E-state index in [4.69, 9.17) is 4.74 Å². The number of ether oxygens (including phenoxy) is 1. The second-order valence-electron chi connectivity index (χ2n) is 10.2. The Labute approximate surface area is 178 Å². The summed E-state index contributed by atoms with van der Waals surface area (Å²) in [5.41, 5.74) is 0.691. The van der Waals surface area contributed by atoms with E-state index in [-0.39, 0.29) is 16.9 Å². The Balaban J connectivity index is 1.30. The summed E-state index contributed by atoms with van der Waals surface area (Å²) in [6.45, 7) is 4.77. The maximum Gasteiger partial charge on any atom is 0.229 e. The SMILES string of the molecule is COc1ccccc1N1CCN(C(=O)C23C[C@H]4C[C@@H](CC(NC(C)=O)(C4)C2)C3)CC1. The lowest BCUT2D eigenvalue weighted by Gasteiger charge is -2.62. The van der Waals surface area contributed by atoms with Gasteiger partial charge in [0.05, 0.1) is 18.2 Å². The molecule has 0 radical (unpaired) electrons. The summed E-state index contributed by atoms with van der Waals surface area (Å²) in [7, 11) is 1.70. The highest BCUT2D eigenvalue weighted by Crippen LogP contribution is 2.62. The number of para-hydroxylation sites is 2. The average Bonchev–Trinajstić information content (AvgIpc) is 2.71. The quantitative estimate of drug-likeness (QED) is 0.828. The lowest BCUT2D eigenvalue weighted by molar-refractivity contribution is -0.163. The van der Waals surface area contributed by atoms with Gasteiger partial charge in [-0.2, -0.15) is 0 Å². The van der Waals surface area contributed by atoms with Gasteiger partial charge in [-0.15, -0.1) is 0 Å². The number of nitrogens with zero attached hydrogens (tertiary/aromatic N) is 2. The van der Waals surface area contributed by atoms with Crippen LogP contribution in [0.3, 0.4) is 0 Å². The minimum absolute atomic E-state index is 0.0463. The number of amides is 2. The number of nitrogens with one attached hydrogen (secondary N) is 1. The molecule has 0 spiro atoms. The normalized spacial score (nSPS) is 34.7. The first-order chi connectivity index (χ1) is 14.4. The Morgan fingerprint density at radius 1 is 1.03 bits per heavy atom. The Kier molecular flexibility index (Phi) is 4.71. The van der Waals surface area contributed by atoms with Crippen LogP contribution in [-0.4, -0.2) is 55.5 Å². The molecule has 2 atom stereocenters. The fraction of sp³-hybridized carbons (Fsp3) is 0.667. The maximum absolute atomic E-state index is 13.8. The zero-order valence-electron chi connectivity index (χ0n) is 18.2. The Morgan fingerprint density at radius 2 is 1.70 bits per heavy atom. The van der Waals surface area contributed by atoms with Crippen LogP contribution in [0.5, 0.6) is 5.75 Å². The predicted octanol–water partition coefficient (Wildman–Crippen LogP) is 2.82. The first-order valence-electron chi connectivity index (χ1n) is 11.4. The van der Waals surface area contributed by atoms with Crippen molar-refractivity contribution in [1.82, 2.24) is 10.2 Å². The van der Waals surface area contributed by atoms with Crippen LogP contribution >= 0.6 is 0 Å². The largest absolute Gasteiger partial charge is 0.495 e. The monoisotopic (exact) mass is 411 g/mol. The molecule has 4 saturated carbocycles. The Morgan fingerprint density at radius 3 is 2.33 bits per heavy atom. The van der Waals surface area contributed by atoms with Crippen molar-refractivity contribution in [2.75, 3.05) is 38.2 Å². The number of rotatable bonds is 4. The molecule has 1 aromatic carbocycles. The van der Waals surface area contributed by atoms with E-state index in [0.29, 0.717) is 17.7 Å². The smallest absolute Gasteiger partial charge is 0.229 e. The van der Waals surface area contributed by atoms with Gasteiger partial charge >= 0.3 is 0 Å². The fourth-order valence-corrected chi connectivity index (χ4v) is 7.41. The van der Waals surface area contributed by atoms with Gasteiger partial charge in [0.25, 0.3) is 0 Å². The molecule has 1 aromatic rings. The van der Waals surface area contributed by atoms with Crippen molar-refractivity contribution in [1.29, 1.82) is 0 Å². The molecule has 4 bridgehead atoms. The van der Waals surface area contributed by atoms with E-state index in [1.165, 1.54) is 6.42 Å². The summed E-state index contributed by atoms with van der Waals surface area (Å²) < 4.78 is 5.52. The number of carbonyl (C=O) groups is 2. The lowest BCUT2D eigenvalue weighted by Crippen LogP contribution is -2.66. The van der Waals surface area contributed by atoms with Crippen LogP contribution in [0.15, 0.2) is 24.3 Å². The van der Waals surface area contributed by atoms with E-state index in [9.17, 15) is 9.59 Å². The number of anilines is 1. The molecule has 4 aliphatic carbocycles. The summed E-state index contributed by atoms with van der Waals surface area (Å²) in [6, 6.07) is 8.10. The predicted molar refractivity (Wildman–Crippen MR) is 115 cm³/mol. The van der Waals surface area contributed by atoms with E-state index >= 15 is 0 Å². The van der Waals surface area contributed by atoms with Gasteiger partial charge in [-0.05, 0) is 62.5 Å². The zero-order chi connectivity index (χ0) is 20.9. The maximum atomic E-state index is 13.8. The number of hydrogen-bond donors (Lipinski definition) is 1. The van der Waals surface area contributed by atoms with Gasteiger partial charge in [-0.3, -0.25) is 9.59 Å². The van der Waals surface area contributed by atoms with Crippen molar-refractivity contribution in [3.8, 4) is 5.75 Å². The first kappa shape index (κ1) is 19.7. The second-order valence-corrected chi connectivity index (χ2v) is 10.2. The summed E-state index contributed by atoms with van der Waals surface area (Å²) >= 11 is 0. The van der Waals surface area contributed by atoms with Crippen LogP contribution in [0.4, 0.5) is 5.69 Å². The molecule has 1 saturated heterocycles. The summed E-state index contributed by atoms with van der Waals surface area (Å²) in [5.74, 6) is 2.43. The topological polar surface area (TPSA) is 61.9 Å². The first-order valence-corrected chi connectivity index (χ1v) is 11.4. The molecule has 30 heavy (non-hydrogen) atoms. The molecule has 0 unspecified atom stereocenters. The van der Waals surface area contributed by atoms with Gasteiger partial charge in [0.15, 0.2) is 0 Å². The lowest BCUT2D eigenvalue weighted by atomic mass is 9.46. The van der Waals surface area contributed by atoms with Crippen LogP contribution < -0.4 is 15.0 Å². The van der Waals surface area contributed by atoms with E-state index in [2.05, 4.69) is 21.2 Å². The molecule has 162 valence electrons. The Bertz CT molecular complexity index is 832. The van der Waals surface area contributed by atoms with Gasteiger partial charge in [-0.25, -0.2) is 0 Å². The molecule has 2 amide bonds. The van der Waals surface area contributed by atoms with Crippen LogP contribution in [0.25, 0.3) is 0 Å². The molecule has 5 aliphatic rings.